The van der Waals surface area contributed by atoms with Crippen LogP contribution in [0.3, 0.4) is 0 Å². The second kappa shape index (κ2) is 4.82. The van der Waals surface area contributed by atoms with Crippen molar-refractivity contribution in [3.63, 3.8) is 0 Å². The molecule has 0 saturated carbocycles. The molecule has 1 heterocycles. The Morgan fingerprint density at radius 2 is 2.50 bits per heavy atom. The minimum atomic E-state index is -0.106. The first-order chi connectivity index (χ1) is 6.65. The van der Waals surface area contributed by atoms with E-state index in [0.29, 0.717) is 18.7 Å². The normalized spacial score (nSPS) is 9.50. The van der Waals surface area contributed by atoms with E-state index in [2.05, 4.69) is 20.9 Å². The van der Waals surface area contributed by atoms with Gasteiger partial charge in [0.05, 0.1) is 12.5 Å². The van der Waals surface area contributed by atoms with E-state index in [0.717, 1.165) is 4.47 Å². The van der Waals surface area contributed by atoms with Crippen molar-refractivity contribution in [1.29, 1.82) is 5.26 Å². The Labute approximate surface area is 90.6 Å². The second-order valence-corrected chi connectivity index (χ2v) is 3.78. The van der Waals surface area contributed by atoms with Gasteiger partial charge < -0.3 is 9.88 Å². The van der Waals surface area contributed by atoms with Crippen LogP contribution in [-0.2, 0) is 0 Å². The zero-order valence-electron chi connectivity index (χ0n) is 7.75. The maximum Gasteiger partial charge on any atom is 0.270 e. The SMILES string of the molecule is CN(CCC#N)C(=O)c1cc(Br)c[nH]1. The number of carbonyl (C=O) groups is 1. The quantitative estimate of drug-likeness (QED) is 0.895. The summed E-state index contributed by atoms with van der Waals surface area (Å²) in [5.41, 5.74) is 0.525. The number of amides is 1. The number of hydrogen-bond acceptors (Lipinski definition) is 2. The summed E-state index contributed by atoms with van der Waals surface area (Å²) in [5, 5.41) is 8.37. The van der Waals surface area contributed by atoms with Gasteiger partial charge in [0, 0.05) is 24.3 Å². The fourth-order valence-electron chi connectivity index (χ4n) is 1.02. The number of carbonyl (C=O) groups excluding carboxylic acids is 1. The molecule has 0 spiro atoms. The number of halogens is 1. The molecule has 0 bridgehead atoms. The predicted octanol–water partition coefficient (Wildman–Crippen LogP) is 1.76. The second-order valence-electron chi connectivity index (χ2n) is 2.87. The fourth-order valence-corrected chi connectivity index (χ4v) is 1.36. The van der Waals surface area contributed by atoms with E-state index in [4.69, 9.17) is 5.26 Å². The number of rotatable bonds is 3. The molecule has 0 atom stereocenters. The molecule has 0 aliphatic carbocycles. The van der Waals surface area contributed by atoms with Crippen LogP contribution in [0.1, 0.15) is 16.9 Å². The number of aromatic nitrogens is 1. The van der Waals surface area contributed by atoms with E-state index in [-0.39, 0.29) is 5.91 Å². The van der Waals surface area contributed by atoms with Gasteiger partial charge >= 0.3 is 0 Å². The highest BCUT2D eigenvalue weighted by Gasteiger charge is 2.12. The highest BCUT2D eigenvalue weighted by atomic mass is 79.9. The monoisotopic (exact) mass is 255 g/mol. The summed E-state index contributed by atoms with van der Waals surface area (Å²) < 4.78 is 0.842. The van der Waals surface area contributed by atoms with E-state index in [9.17, 15) is 4.79 Å². The Morgan fingerprint density at radius 1 is 1.79 bits per heavy atom. The minimum Gasteiger partial charge on any atom is -0.356 e. The van der Waals surface area contributed by atoms with Gasteiger partial charge in [0.25, 0.3) is 5.91 Å². The number of nitrogens with zero attached hydrogens (tertiary/aromatic N) is 2. The van der Waals surface area contributed by atoms with Gasteiger partial charge in [-0.25, -0.2) is 0 Å². The Hall–Kier alpha value is -1.28. The van der Waals surface area contributed by atoms with Crippen molar-refractivity contribution in [2.75, 3.05) is 13.6 Å². The van der Waals surface area contributed by atoms with Gasteiger partial charge in [0.2, 0.25) is 0 Å². The zero-order valence-corrected chi connectivity index (χ0v) is 9.34. The van der Waals surface area contributed by atoms with Crippen molar-refractivity contribution >= 4 is 21.8 Å². The third-order valence-electron chi connectivity index (χ3n) is 1.78. The molecule has 1 aromatic rings. The molecule has 1 rings (SSSR count). The van der Waals surface area contributed by atoms with Crippen LogP contribution in [-0.4, -0.2) is 29.4 Å². The first-order valence-corrected chi connectivity index (χ1v) is 4.91. The van der Waals surface area contributed by atoms with E-state index in [1.807, 2.05) is 6.07 Å². The van der Waals surface area contributed by atoms with E-state index in [1.54, 1.807) is 19.3 Å². The molecule has 1 N–H and O–H groups in total. The van der Waals surface area contributed by atoms with Crippen molar-refractivity contribution in [3.8, 4) is 6.07 Å². The van der Waals surface area contributed by atoms with Gasteiger partial charge in [-0.2, -0.15) is 5.26 Å². The van der Waals surface area contributed by atoms with Crippen molar-refractivity contribution in [2.24, 2.45) is 0 Å². The van der Waals surface area contributed by atoms with Crippen LogP contribution >= 0.6 is 15.9 Å². The highest BCUT2D eigenvalue weighted by Crippen LogP contribution is 2.11. The molecule has 1 aromatic heterocycles. The van der Waals surface area contributed by atoms with Crippen LogP contribution in [0.5, 0.6) is 0 Å². The van der Waals surface area contributed by atoms with Crippen molar-refractivity contribution in [2.45, 2.75) is 6.42 Å². The van der Waals surface area contributed by atoms with Crippen molar-refractivity contribution < 1.29 is 4.79 Å². The Balaban J connectivity index is 2.62. The van der Waals surface area contributed by atoms with Crippen molar-refractivity contribution in [1.82, 2.24) is 9.88 Å². The number of nitrogens with one attached hydrogen (secondary N) is 1. The fraction of sp³-hybridized carbons (Fsp3) is 0.333. The summed E-state index contributed by atoms with van der Waals surface area (Å²) in [6, 6.07) is 3.71. The van der Waals surface area contributed by atoms with Gasteiger partial charge in [-0.05, 0) is 22.0 Å². The minimum absolute atomic E-state index is 0.106. The average molecular weight is 256 g/mol. The lowest BCUT2D eigenvalue weighted by molar-refractivity contribution is 0.0793. The molecule has 0 aromatic carbocycles. The van der Waals surface area contributed by atoms with E-state index >= 15 is 0 Å². The van der Waals surface area contributed by atoms with Gasteiger partial charge in [0.15, 0.2) is 0 Å². The molecule has 74 valence electrons. The van der Waals surface area contributed by atoms with Crippen LogP contribution in [0.15, 0.2) is 16.7 Å². The summed E-state index contributed by atoms with van der Waals surface area (Å²) in [4.78, 5) is 16.0. The molecular weight excluding hydrogens is 246 g/mol. The maximum absolute atomic E-state index is 11.6. The average Bonchev–Trinajstić information content (AvgIpc) is 2.60. The molecule has 0 aliphatic heterocycles. The molecule has 0 unspecified atom stereocenters. The number of H-pyrrole nitrogens is 1. The highest BCUT2D eigenvalue weighted by molar-refractivity contribution is 9.10. The molecule has 0 aliphatic rings. The third-order valence-corrected chi connectivity index (χ3v) is 2.24. The lowest BCUT2D eigenvalue weighted by Gasteiger charge is -2.13. The van der Waals surface area contributed by atoms with Crippen LogP contribution in [0.2, 0.25) is 0 Å². The smallest absolute Gasteiger partial charge is 0.270 e. The van der Waals surface area contributed by atoms with Gasteiger partial charge in [-0.1, -0.05) is 0 Å². The van der Waals surface area contributed by atoms with Gasteiger partial charge in [0.1, 0.15) is 5.69 Å². The Kier molecular flexibility index (Phi) is 3.72. The van der Waals surface area contributed by atoms with Gasteiger partial charge in [-0.15, -0.1) is 0 Å². The van der Waals surface area contributed by atoms with Gasteiger partial charge in [-0.3, -0.25) is 4.79 Å². The topological polar surface area (TPSA) is 59.9 Å². The molecule has 0 radical (unpaired) electrons. The number of aromatic amines is 1. The van der Waals surface area contributed by atoms with Crippen LogP contribution < -0.4 is 0 Å². The Bertz CT molecular complexity index is 366. The zero-order chi connectivity index (χ0) is 10.6. The standard InChI is InChI=1S/C9H10BrN3O/c1-13(4-2-3-11)9(14)8-5-7(10)6-12-8/h5-6,12H,2,4H2,1H3. The summed E-state index contributed by atoms with van der Waals surface area (Å²) in [6.45, 7) is 0.450. The lowest BCUT2D eigenvalue weighted by Crippen LogP contribution is -2.27. The summed E-state index contributed by atoms with van der Waals surface area (Å²) in [5.74, 6) is -0.106. The molecular formula is C9H10BrN3O. The Morgan fingerprint density at radius 3 is 3.00 bits per heavy atom. The van der Waals surface area contributed by atoms with Crippen LogP contribution in [0, 0.1) is 11.3 Å². The molecule has 5 heteroatoms. The predicted molar refractivity (Wildman–Crippen MR) is 55.7 cm³/mol. The molecule has 14 heavy (non-hydrogen) atoms. The molecule has 0 fully saturated rings. The van der Waals surface area contributed by atoms with Crippen molar-refractivity contribution in [3.05, 3.63) is 22.4 Å². The molecule has 1 amide bonds. The maximum atomic E-state index is 11.6. The number of nitriles is 1. The first kappa shape index (κ1) is 10.8. The summed E-state index contributed by atoms with van der Waals surface area (Å²) >= 11 is 3.25. The molecule has 0 saturated heterocycles. The van der Waals surface area contributed by atoms with E-state index in [1.165, 1.54) is 4.90 Å². The summed E-state index contributed by atoms with van der Waals surface area (Å²) in [6.07, 6.45) is 2.05. The third kappa shape index (κ3) is 2.60. The first-order valence-electron chi connectivity index (χ1n) is 4.11. The summed E-state index contributed by atoms with van der Waals surface area (Å²) in [7, 11) is 1.68. The van der Waals surface area contributed by atoms with Crippen LogP contribution in [0.4, 0.5) is 0 Å². The number of hydrogen-bond donors (Lipinski definition) is 1. The van der Waals surface area contributed by atoms with E-state index < -0.39 is 0 Å². The largest absolute Gasteiger partial charge is 0.356 e. The molecule has 4 nitrogen and oxygen atoms in total. The lowest BCUT2D eigenvalue weighted by atomic mass is 10.3. The van der Waals surface area contributed by atoms with Crippen LogP contribution in [0.25, 0.3) is 0 Å².